The second-order valence-electron chi connectivity index (χ2n) is 4.93. The van der Waals surface area contributed by atoms with Gasteiger partial charge in [-0.3, -0.25) is 0 Å². The molecule has 0 N–H and O–H groups in total. The maximum absolute atomic E-state index is 10.2. The lowest BCUT2D eigenvalue weighted by Gasteiger charge is -1.97. The smallest absolute Gasteiger partial charge is 0.129 e. The number of carbonyl (C=O) groups excluding carboxylic acids is 1. The molecule has 1 nitrogen and oxygen atoms in total. The van der Waals surface area contributed by atoms with E-state index in [1.54, 1.807) is 6.92 Å². The van der Waals surface area contributed by atoms with Crippen LogP contribution >= 0.6 is 0 Å². The van der Waals surface area contributed by atoms with E-state index in [1.165, 1.54) is 51.4 Å². The van der Waals surface area contributed by atoms with Gasteiger partial charge in [0, 0.05) is 6.42 Å². The molecule has 0 aliphatic heterocycles. The van der Waals surface area contributed by atoms with Gasteiger partial charge in [0.25, 0.3) is 0 Å². The Bertz CT molecular complexity index is 132. The van der Waals surface area contributed by atoms with Crippen molar-refractivity contribution in [1.82, 2.24) is 0 Å². The van der Waals surface area contributed by atoms with Crippen LogP contribution < -0.4 is 0 Å². The van der Waals surface area contributed by atoms with E-state index in [4.69, 9.17) is 0 Å². The fourth-order valence-corrected chi connectivity index (χ4v) is 1.63. The minimum atomic E-state index is 0.307. The normalized spacial score (nSPS) is 9.65. The molecule has 0 radical (unpaired) electrons. The Morgan fingerprint density at radius 3 is 1.24 bits per heavy atom. The van der Waals surface area contributed by atoms with E-state index in [9.17, 15) is 4.79 Å². The summed E-state index contributed by atoms with van der Waals surface area (Å²) in [4.78, 5) is 10.2. The molecule has 0 aliphatic carbocycles. The first-order valence-corrected chi connectivity index (χ1v) is 7.68. The second kappa shape index (κ2) is 18.0. The molecule has 0 rings (SSSR count). The molecule has 0 unspecified atom stereocenters. The fraction of sp³-hybridized carbons (Fsp3) is 0.938. The molecule has 0 aromatic heterocycles. The Kier molecular flexibility index (Phi) is 20.2. The largest absolute Gasteiger partial charge is 0.300 e. The van der Waals surface area contributed by atoms with Crippen LogP contribution in [0.1, 0.15) is 98.3 Å². The first-order chi connectivity index (χ1) is 8.18. The molecule has 104 valence electrons. The van der Waals surface area contributed by atoms with Crippen LogP contribution in [0.25, 0.3) is 0 Å². The maximum atomic E-state index is 10.2. The molecule has 0 saturated carbocycles. The van der Waals surface area contributed by atoms with E-state index < -0.39 is 0 Å². The molecule has 0 atom stereocenters. The van der Waals surface area contributed by atoms with Crippen molar-refractivity contribution in [1.29, 1.82) is 0 Å². The fourth-order valence-electron chi connectivity index (χ4n) is 1.63. The Morgan fingerprint density at radius 1 is 0.647 bits per heavy atom. The lowest BCUT2D eigenvalue weighted by atomic mass is 10.1. The number of Topliss-reactive ketones (excluding diaryl/α,β-unsaturated/α-hetero) is 1. The van der Waals surface area contributed by atoms with E-state index in [-0.39, 0.29) is 0 Å². The van der Waals surface area contributed by atoms with Gasteiger partial charge in [-0.2, -0.15) is 0 Å². The molecule has 17 heavy (non-hydrogen) atoms. The standard InChI is InChI=1S/C10H22.C6H12O/c1-3-5-7-9-10-8-6-4-2;1-3-4-5-6(2)7/h3-10H2,1-2H3;3-5H2,1-2H3. The summed E-state index contributed by atoms with van der Waals surface area (Å²) in [6.45, 7) is 8.26. The molecule has 0 amide bonds. The topological polar surface area (TPSA) is 17.1 Å². The average Bonchev–Trinajstić information content (AvgIpc) is 2.32. The highest BCUT2D eigenvalue weighted by molar-refractivity contribution is 5.75. The van der Waals surface area contributed by atoms with Gasteiger partial charge in [-0.05, 0) is 13.3 Å². The third-order valence-corrected chi connectivity index (χ3v) is 2.84. The summed E-state index contributed by atoms with van der Waals surface area (Å²) >= 11 is 0. The van der Waals surface area contributed by atoms with E-state index in [0.717, 1.165) is 19.3 Å². The van der Waals surface area contributed by atoms with Gasteiger partial charge in [0.2, 0.25) is 0 Å². The van der Waals surface area contributed by atoms with Gasteiger partial charge >= 0.3 is 0 Å². The Hall–Kier alpha value is -0.330. The maximum Gasteiger partial charge on any atom is 0.129 e. The van der Waals surface area contributed by atoms with Crippen LogP contribution in [0.3, 0.4) is 0 Å². The van der Waals surface area contributed by atoms with Crippen molar-refractivity contribution in [3.05, 3.63) is 0 Å². The predicted octanol–water partition coefficient (Wildman–Crippen LogP) is 5.91. The highest BCUT2D eigenvalue weighted by Gasteiger charge is 1.88. The van der Waals surface area contributed by atoms with E-state index in [1.807, 2.05) is 0 Å². The summed E-state index contributed by atoms with van der Waals surface area (Å²) in [5.41, 5.74) is 0. The summed E-state index contributed by atoms with van der Waals surface area (Å²) in [5.74, 6) is 0.307. The number of rotatable bonds is 10. The van der Waals surface area contributed by atoms with Gasteiger partial charge in [0.15, 0.2) is 0 Å². The molecule has 0 aromatic rings. The third-order valence-electron chi connectivity index (χ3n) is 2.84. The second-order valence-corrected chi connectivity index (χ2v) is 4.93. The summed E-state index contributed by atoms with van der Waals surface area (Å²) in [7, 11) is 0. The average molecular weight is 242 g/mol. The zero-order valence-electron chi connectivity index (χ0n) is 12.7. The van der Waals surface area contributed by atoms with Crippen molar-refractivity contribution < 1.29 is 4.79 Å². The first kappa shape index (κ1) is 19.0. The summed E-state index contributed by atoms with van der Waals surface area (Å²) in [6, 6.07) is 0. The van der Waals surface area contributed by atoms with Crippen molar-refractivity contribution >= 4 is 5.78 Å². The zero-order valence-corrected chi connectivity index (χ0v) is 12.7. The lowest BCUT2D eigenvalue weighted by Crippen LogP contribution is -1.86. The Labute approximate surface area is 109 Å². The van der Waals surface area contributed by atoms with Gasteiger partial charge < -0.3 is 4.79 Å². The van der Waals surface area contributed by atoms with Crippen LogP contribution in [0.2, 0.25) is 0 Å². The van der Waals surface area contributed by atoms with Gasteiger partial charge in [-0.15, -0.1) is 0 Å². The number of ketones is 1. The zero-order chi connectivity index (χ0) is 13.4. The third kappa shape index (κ3) is 25.7. The number of hydrogen-bond acceptors (Lipinski definition) is 1. The van der Waals surface area contributed by atoms with E-state index >= 15 is 0 Å². The summed E-state index contributed by atoms with van der Waals surface area (Å²) in [5, 5.41) is 0. The minimum Gasteiger partial charge on any atom is -0.300 e. The van der Waals surface area contributed by atoms with Crippen molar-refractivity contribution in [2.45, 2.75) is 98.3 Å². The number of carbonyl (C=O) groups is 1. The van der Waals surface area contributed by atoms with Crippen molar-refractivity contribution in [2.24, 2.45) is 0 Å². The number of unbranched alkanes of at least 4 members (excludes halogenated alkanes) is 8. The Balaban J connectivity index is 0. The number of hydrogen-bond donors (Lipinski definition) is 0. The van der Waals surface area contributed by atoms with Gasteiger partial charge in [0.1, 0.15) is 5.78 Å². The van der Waals surface area contributed by atoms with Crippen molar-refractivity contribution in [2.75, 3.05) is 0 Å². The predicted molar refractivity (Wildman–Crippen MR) is 78.5 cm³/mol. The van der Waals surface area contributed by atoms with Crippen molar-refractivity contribution in [3.8, 4) is 0 Å². The van der Waals surface area contributed by atoms with Crippen LogP contribution in [0.5, 0.6) is 0 Å². The molecule has 0 aliphatic rings. The van der Waals surface area contributed by atoms with Gasteiger partial charge in [0.05, 0.1) is 0 Å². The first-order valence-electron chi connectivity index (χ1n) is 7.68. The molecule has 0 fully saturated rings. The van der Waals surface area contributed by atoms with Crippen LogP contribution in [0, 0.1) is 0 Å². The SMILES string of the molecule is CCCCC(C)=O.CCCCCCCCCC. The van der Waals surface area contributed by atoms with Crippen molar-refractivity contribution in [3.63, 3.8) is 0 Å². The summed E-state index contributed by atoms with van der Waals surface area (Å²) < 4.78 is 0. The van der Waals surface area contributed by atoms with Crippen LogP contribution in [-0.4, -0.2) is 5.78 Å². The van der Waals surface area contributed by atoms with E-state index in [2.05, 4.69) is 20.8 Å². The molecule has 0 saturated heterocycles. The lowest BCUT2D eigenvalue weighted by molar-refractivity contribution is -0.117. The minimum absolute atomic E-state index is 0.307. The molecule has 0 aromatic carbocycles. The molecular formula is C16H34O. The highest BCUT2D eigenvalue weighted by atomic mass is 16.1. The summed E-state index contributed by atoms with van der Waals surface area (Å²) in [6.07, 6.45) is 14.4. The van der Waals surface area contributed by atoms with Crippen LogP contribution in [0.15, 0.2) is 0 Å². The molecule has 0 heterocycles. The molecular weight excluding hydrogens is 208 g/mol. The quantitative estimate of drug-likeness (QED) is 0.435. The van der Waals surface area contributed by atoms with Gasteiger partial charge in [-0.1, -0.05) is 78.6 Å². The van der Waals surface area contributed by atoms with Crippen LogP contribution in [0.4, 0.5) is 0 Å². The molecule has 0 bridgehead atoms. The van der Waals surface area contributed by atoms with E-state index in [0.29, 0.717) is 5.78 Å². The van der Waals surface area contributed by atoms with Gasteiger partial charge in [-0.25, -0.2) is 0 Å². The molecule has 1 heteroatoms. The highest BCUT2D eigenvalue weighted by Crippen LogP contribution is 2.07. The monoisotopic (exact) mass is 242 g/mol. The molecule has 0 spiro atoms. The van der Waals surface area contributed by atoms with Crippen LogP contribution in [-0.2, 0) is 4.79 Å². The Morgan fingerprint density at radius 2 is 1.00 bits per heavy atom.